The summed E-state index contributed by atoms with van der Waals surface area (Å²) in [5.41, 5.74) is 31.8. The number of benzene rings is 14. The van der Waals surface area contributed by atoms with E-state index in [9.17, 15) is 0 Å². The Balaban J connectivity index is 1.09. The molecule has 2 aromatic heterocycles. The van der Waals surface area contributed by atoms with Crippen molar-refractivity contribution >= 4 is 117 Å². The molecule has 14 aromatic carbocycles. The third-order valence-corrected chi connectivity index (χ3v) is 23.5. The van der Waals surface area contributed by atoms with Crippen molar-refractivity contribution in [2.75, 3.05) is 9.80 Å². The molecule has 0 aliphatic carbocycles. The summed E-state index contributed by atoms with van der Waals surface area (Å²) in [7, 11) is 0. The Morgan fingerprint density at radius 1 is 0.241 bits per heavy atom. The molecule has 0 bridgehead atoms. The van der Waals surface area contributed by atoms with Crippen LogP contribution >= 0.6 is 0 Å². The lowest BCUT2D eigenvalue weighted by Gasteiger charge is -2.45. The second-order valence-electron chi connectivity index (χ2n) is 35.8. The standard InChI is InChI=1S/C104H94BN3/c1-100(2,3)73-54-71(55-74(60-73)101(4,5)6)69-48-52-88-91(58-69)106(78-50-46-66(47-51-78)65-32-19-16-20-33-65)99-95-85-44-31-43-84-82-41-28-26-39-80(82)79-38-25-27-40-81(79)83-42-29-30-45-90(83)107(97(84)85)93(95)64-94-96(99)105(88)89-53-49-70(72-56-75(102(7,8)9)61-76(57-72)103(10,11)12)59-92(89)108(94)98-86(67-34-21-17-22-35-67)62-77(104(13,14)15)63-87(98)68-36-23-18-24-37-68/h16-64H,1-15H3. The van der Waals surface area contributed by atoms with E-state index in [2.05, 4.69) is 415 Å². The molecular weight excluding hydrogens is 1300 g/mol. The van der Waals surface area contributed by atoms with Crippen LogP contribution in [0.2, 0.25) is 0 Å². The van der Waals surface area contributed by atoms with E-state index in [4.69, 9.17) is 0 Å². The second-order valence-corrected chi connectivity index (χ2v) is 35.8. The molecule has 4 heteroatoms. The van der Waals surface area contributed by atoms with Crippen molar-refractivity contribution in [1.29, 1.82) is 0 Å². The van der Waals surface area contributed by atoms with E-state index in [1.165, 1.54) is 143 Å². The van der Waals surface area contributed by atoms with Crippen LogP contribution in [0.5, 0.6) is 0 Å². The molecular formula is C104H94BN3. The van der Waals surface area contributed by atoms with Gasteiger partial charge in [-0.1, -0.05) is 353 Å². The van der Waals surface area contributed by atoms with Crippen molar-refractivity contribution in [3.05, 3.63) is 325 Å². The van der Waals surface area contributed by atoms with Crippen molar-refractivity contribution in [3.8, 4) is 55.6 Å². The number of rotatable bonds is 7. The molecule has 0 N–H and O–H groups in total. The van der Waals surface area contributed by atoms with Gasteiger partial charge in [0.2, 0.25) is 0 Å². The molecule has 0 fully saturated rings. The van der Waals surface area contributed by atoms with Crippen LogP contribution in [0.25, 0.3) is 115 Å². The lowest BCUT2D eigenvalue weighted by molar-refractivity contribution is 0.568. The van der Waals surface area contributed by atoms with Gasteiger partial charge in [-0.25, -0.2) is 0 Å². The Bertz CT molecular complexity index is 6240. The third kappa shape index (κ3) is 11.4. The van der Waals surface area contributed by atoms with Crippen molar-refractivity contribution in [2.45, 2.75) is 131 Å². The number of hydrogen-bond donors (Lipinski definition) is 0. The first-order valence-electron chi connectivity index (χ1n) is 38.8. The van der Waals surface area contributed by atoms with Gasteiger partial charge in [0.25, 0.3) is 6.71 Å². The molecule has 0 amide bonds. The van der Waals surface area contributed by atoms with Gasteiger partial charge in [0.1, 0.15) is 0 Å². The number of hydrogen-bond acceptors (Lipinski definition) is 2. The highest BCUT2D eigenvalue weighted by molar-refractivity contribution is 7.00. The number of fused-ring (bicyclic) bond motifs is 15. The Morgan fingerprint density at radius 2 is 0.611 bits per heavy atom. The smallest absolute Gasteiger partial charge is 0.252 e. The molecule has 16 aromatic rings. The lowest BCUT2D eigenvalue weighted by atomic mass is 9.33. The summed E-state index contributed by atoms with van der Waals surface area (Å²) in [6.07, 6.45) is 0. The van der Waals surface area contributed by atoms with E-state index in [-0.39, 0.29) is 33.8 Å². The van der Waals surface area contributed by atoms with Crippen molar-refractivity contribution in [3.63, 3.8) is 0 Å². The fourth-order valence-electron chi connectivity index (χ4n) is 17.5. The van der Waals surface area contributed by atoms with E-state index < -0.39 is 0 Å². The van der Waals surface area contributed by atoms with E-state index >= 15 is 0 Å². The fraction of sp³-hybridized carbons (Fsp3) is 0.192. The van der Waals surface area contributed by atoms with Gasteiger partial charge in [0.05, 0.1) is 27.9 Å². The Hall–Kier alpha value is -11.5. The minimum atomic E-state index is -0.254. The third-order valence-electron chi connectivity index (χ3n) is 23.5. The van der Waals surface area contributed by atoms with Crippen LogP contribution in [0.1, 0.15) is 132 Å². The summed E-state index contributed by atoms with van der Waals surface area (Å²) in [5.74, 6) is 0. The minimum absolute atomic E-state index is 0.0980. The molecule has 3 nitrogen and oxygen atoms in total. The molecule has 0 unspecified atom stereocenters. The monoisotopic (exact) mass is 1400 g/mol. The Labute approximate surface area is 638 Å². The van der Waals surface area contributed by atoms with Crippen LogP contribution in [-0.2, 0) is 27.1 Å². The van der Waals surface area contributed by atoms with Gasteiger partial charge in [0.15, 0.2) is 0 Å². The second kappa shape index (κ2) is 25.1. The van der Waals surface area contributed by atoms with Gasteiger partial charge in [-0.3, -0.25) is 0 Å². The van der Waals surface area contributed by atoms with Gasteiger partial charge in [-0.2, -0.15) is 0 Å². The fourth-order valence-corrected chi connectivity index (χ4v) is 17.5. The van der Waals surface area contributed by atoms with Gasteiger partial charge in [-0.05, 0) is 186 Å². The maximum absolute atomic E-state index is 2.77. The molecule has 528 valence electrons. The molecule has 0 atom stereocenters. The maximum atomic E-state index is 2.77. The topological polar surface area (TPSA) is 10.9 Å². The predicted molar refractivity (Wildman–Crippen MR) is 468 cm³/mol. The summed E-state index contributed by atoms with van der Waals surface area (Å²) >= 11 is 0. The first kappa shape index (κ1) is 68.4. The van der Waals surface area contributed by atoms with Crippen molar-refractivity contribution in [2.24, 2.45) is 0 Å². The summed E-state index contributed by atoms with van der Waals surface area (Å²) in [6, 6.07) is 115. The first-order valence-corrected chi connectivity index (χ1v) is 38.8. The summed E-state index contributed by atoms with van der Waals surface area (Å²) < 4.78 is 2.68. The van der Waals surface area contributed by atoms with Crippen molar-refractivity contribution in [1.82, 2.24) is 4.40 Å². The van der Waals surface area contributed by atoms with E-state index in [1.54, 1.807) is 0 Å². The molecule has 2 aliphatic rings. The highest BCUT2D eigenvalue weighted by Gasteiger charge is 2.47. The number of para-hydroxylation sites is 2. The molecule has 0 spiro atoms. The van der Waals surface area contributed by atoms with Crippen LogP contribution in [0.3, 0.4) is 0 Å². The van der Waals surface area contributed by atoms with Crippen LogP contribution < -0.4 is 26.2 Å². The average molecular weight is 1400 g/mol. The first-order chi connectivity index (χ1) is 51.7. The largest absolute Gasteiger partial charge is 0.311 e. The SMILES string of the molecule is CC(C)(C)c1cc(-c2ccc3c(c2)N(c2c(-c4ccccc4)cc(C(C)(C)C)cc2-c2ccccc2)c2cc4c(c5c2B3c2ccc(-c3cc(C(C)(C)C)cc(C(C)(C)C)c3)cc2N5c2ccc(-c3ccccc3)cc2)c2cccc3c5ccccc5c5ccccc5c5ccccc5n4c32)cc(C(C)(C)C)c1. The van der Waals surface area contributed by atoms with Crippen molar-refractivity contribution < 1.29 is 0 Å². The number of aromatic nitrogens is 1. The molecule has 4 heterocycles. The zero-order valence-electron chi connectivity index (χ0n) is 65.2. The maximum Gasteiger partial charge on any atom is 0.252 e. The number of anilines is 6. The van der Waals surface area contributed by atoms with Crippen LogP contribution in [-0.4, -0.2) is 11.1 Å². The quantitative estimate of drug-likeness (QED) is 0.147. The van der Waals surface area contributed by atoms with Gasteiger partial charge >= 0.3 is 0 Å². The minimum Gasteiger partial charge on any atom is -0.311 e. The highest BCUT2D eigenvalue weighted by Crippen LogP contribution is 2.56. The summed E-state index contributed by atoms with van der Waals surface area (Å²) in [4.78, 5) is 5.48. The van der Waals surface area contributed by atoms with E-state index in [0.717, 1.165) is 50.6 Å². The van der Waals surface area contributed by atoms with Gasteiger partial charge in [0, 0.05) is 55.4 Å². The van der Waals surface area contributed by atoms with Gasteiger partial charge in [-0.15, -0.1) is 0 Å². The average Bonchev–Trinajstić information content (AvgIpc) is 1.30. The van der Waals surface area contributed by atoms with Crippen LogP contribution in [0, 0.1) is 0 Å². The number of nitrogens with zero attached hydrogens (tertiary/aromatic N) is 3. The summed E-state index contributed by atoms with van der Waals surface area (Å²) in [5, 5.41) is 9.57. The summed E-state index contributed by atoms with van der Waals surface area (Å²) in [6.45, 7) is 35.2. The predicted octanol–water partition coefficient (Wildman–Crippen LogP) is 27.2. The molecule has 108 heavy (non-hydrogen) atoms. The molecule has 0 saturated heterocycles. The zero-order valence-corrected chi connectivity index (χ0v) is 65.2. The molecule has 0 saturated carbocycles. The normalized spacial score (nSPS) is 13.3. The molecule has 0 radical (unpaired) electrons. The van der Waals surface area contributed by atoms with Gasteiger partial charge < -0.3 is 14.2 Å². The molecule has 2 aliphatic heterocycles. The zero-order chi connectivity index (χ0) is 74.7. The van der Waals surface area contributed by atoms with E-state index in [1.807, 2.05) is 0 Å². The Kier molecular flexibility index (Phi) is 15.9. The Morgan fingerprint density at radius 3 is 1.08 bits per heavy atom. The highest BCUT2D eigenvalue weighted by atomic mass is 15.2. The van der Waals surface area contributed by atoms with Crippen LogP contribution in [0.15, 0.2) is 297 Å². The molecule has 18 rings (SSSR count). The van der Waals surface area contributed by atoms with Crippen LogP contribution in [0.4, 0.5) is 34.1 Å². The van der Waals surface area contributed by atoms with E-state index in [0.29, 0.717) is 0 Å². The lowest BCUT2D eigenvalue weighted by Crippen LogP contribution is -2.61.